The lowest BCUT2D eigenvalue weighted by Crippen LogP contribution is -2.53. The minimum Gasteiger partial charge on any atom is -0.333 e. The average Bonchev–Trinajstić information content (AvgIpc) is 3.34. The van der Waals surface area contributed by atoms with Crippen LogP contribution < -0.4 is 0 Å². The van der Waals surface area contributed by atoms with Gasteiger partial charge in [-0.15, -0.1) is 11.3 Å². The first-order chi connectivity index (χ1) is 12.5. The van der Waals surface area contributed by atoms with Crippen LogP contribution in [0.15, 0.2) is 17.8 Å². The maximum atomic E-state index is 12.8. The van der Waals surface area contributed by atoms with Gasteiger partial charge in [-0.25, -0.2) is 9.78 Å². The molecule has 8 nitrogen and oxygen atoms in total. The molecule has 2 aromatic rings. The summed E-state index contributed by atoms with van der Waals surface area (Å²) < 4.78 is 0. The summed E-state index contributed by atoms with van der Waals surface area (Å²) in [6.07, 6.45) is 3.46. The van der Waals surface area contributed by atoms with Crippen molar-refractivity contribution in [1.29, 1.82) is 0 Å². The van der Waals surface area contributed by atoms with E-state index in [1.54, 1.807) is 17.8 Å². The fourth-order valence-electron chi connectivity index (χ4n) is 3.59. The van der Waals surface area contributed by atoms with Crippen molar-refractivity contribution < 1.29 is 9.59 Å². The predicted molar refractivity (Wildman–Crippen MR) is 97.9 cm³/mol. The summed E-state index contributed by atoms with van der Waals surface area (Å²) >= 11 is 1.44. The summed E-state index contributed by atoms with van der Waals surface area (Å²) in [6.45, 7) is 7.38. The van der Waals surface area contributed by atoms with Crippen molar-refractivity contribution in [1.82, 2.24) is 29.9 Å². The Labute approximate surface area is 155 Å². The number of thiazole rings is 1. The molecule has 2 saturated heterocycles. The van der Waals surface area contributed by atoms with E-state index in [9.17, 15) is 9.59 Å². The largest absolute Gasteiger partial charge is 0.333 e. The van der Waals surface area contributed by atoms with E-state index in [0.29, 0.717) is 37.8 Å². The number of carbonyl (C=O) groups excluding carboxylic acids is 2. The number of rotatable bonds is 4. The number of nitrogens with zero attached hydrogens (tertiary/aromatic N) is 5. The number of nitrogens with one attached hydrogen (secondary N) is 1. The number of aromatic amines is 1. The van der Waals surface area contributed by atoms with Crippen molar-refractivity contribution in [2.45, 2.75) is 19.9 Å². The van der Waals surface area contributed by atoms with E-state index in [1.807, 2.05) is 14.7 Å². The highest BCUT2D eigenvalue weighted by molar-refractivity contribution is 7.13. The second kappa shape index (κ2) is 6.71. The second-order valence-electron chi connectivity index (χ2n) is 7.20. The van der Waals surface area contributed by atoms with Crippen LogP contribution >= 0.6 is 11.3 Å². The number of hydrogen-bond donors (Lipinski definition) is 1. The summed E-state index contributed by atoms with van der Waals surface area (Å²) in [5.41, 5.74) is 1.34. The van der Waals surface area contributed by atoms with Gasteiger partial charge >= 0.3 is 6.03 Å². The number of aromatic nitrogens is 3. The molecule has 1 N–H and O–H groups in total. The Hall–Kier alpha value is -2.42. The lowest BCUT2D eigenvalue weighted by atomic mass is 10.1. The van der Waals surface area contributed by atoms with Gasteiger partial charge in [0.2, 0.25) is 0 Å². The molecule has 4 rings (SSSR count). The van der Waals surface area contributed by atoms with E-state index >= 15 is 0 Å². The minimum absolute atomic E-state index is 0.0644. The molecule has 1 unspecified atom stereocenters. The van der Waals surface area contributed by atoms with Crippen LogP contribution in [0.2, 0.25) is 0 Å². The van der Waals surface area contributed by atoms with Gasteiger partial charge in [0.15, 0.2) is 0 Å². The number of fused-ring (bicyclic) bond motifs is 1. The van der Waals surface area contributed by atoms with E-state index in [2.05, 4.69) is 29.0 Å². The minimum atomic E-state index is -0.0644. The van der Waals surface area contributed by atoms with Gasteiger partial charge in [0.05, 0.1) is 12.2 Å². The number of hydrogen-bond acceptors (Lipinski definition) is 5. The summed E-state index contributed by atoms with van der Waals surface area (Å²) in [7, 11) is 0. The molecule has 3 amide bonds. The second-order valence-corrected chi connectivity index (χ2v) is 8.06. The lowest BCUT2D eigenvalue weighted by Gasteiger charge is -2.36. The van der Waals surface area contributed by atoms with Crippen molar-refractivity contribution in [3.05, 3.63) is 23.5 Å². The van der Waals surface area contributed by atoms with Crippen LogP contribution in [0.3, 0.4) is 0 Å². The molecule has 0 saturated carbocycles. The third kappa shape index (κ3) is 3.07. The van der Waals surface area contributed by atoms with Crippen LogP contribution in [0.1, 0.15) is 24.3 Å². The zero-order chi connectivity index (χ0) is 18.3. The summed E-state index contributed by atoms with van der Waals surface area (Å²) in [6, 6.07) is 0.178. The first kappa shape index (κ1) is 17.0. The zero-order valence-electron chi connectivity index (χ0n) is 14.9. The van der Waals surface area contributed by atoms with Crippen LogP contribution in [0.25, 0.3) is 10.6 Å². The van der Waals surface area contributed by atoms with Gasteiger partial charge < -0.3 is 14.7 Å². The molecule has 26 heavy (non-hydrogen) atoms. The van der Waals surface area contributed by atoms with Crippen LogP contribution in [0.5, 0.6) is 0 Å². The molecular weight excluding hydrogens is 352 g/mol. The van der Waals surface area contributed by atoms with Crippen LogP contribution in [0.4, 0.5) is 4.79 Å². The maximum absolute atomic E-state index is 12.8. The van der Waals surface area contributed by atoms with Gasteiger partial charge in [-0.05, 0) is 5.92 Å². The van der Waals surface area contributed by atoms with Gasteiger partial charge in [0.25, 0.3) is 5.91 Å². The van der Waals surface area contributed by atoms with Gasteiger partial charge in [-0.2, -0.15) is 5.10 Å². The molecule has 0 bridgehead atoms. The Morgan fingerprint density at radius 1 is 1.38 bits per heavy atom. The van der Waals surface area contributed by atoms with E-state index in [-0.39, 0.29) is 18.0 Å². The predicted octanol–water partition coefficient (Wildman–Crippen LogP) is 1.75. The summed E-state index contributed by atoms with van der Waals surface area (Å²) in [4.78, 5) is 35.4. The van der Waals surface area contributed by atoms with Crippen molar-refractivity contribution in [2.75, 3.05) is 32.7 Å². The highest BCUT2D eigenvalue weighted by Gasteiger charge is 2.41. The molecule has 2 aromatic heterocycles. The fourth-order valence-corrected chi connectivity index (χ4v) is 4.37. The van der Waals surface area contributed by atoms with Crippen molar-refractivity contribution in [3.8, 4) is 10.6 Å². The standard InChI is InChI=1S/C17H22N6O2S/c1-11(2)7-22-9-13-8-21(3-4-23(13)17(22)25)16(24)14-10-26-15(20-14)12-5-18-19-6-12/h5-6,10-11,13H,3-4,7-9H2,1-2H3,(H,18,19). The monoisotopic (exact) mass is 374 g/mol. The van der Waals surface area contributed by atoms with Crippen LogP contribution in [-0.4, -0.2) is 80.6 Å². The van der Waals surface area contributed by atoms with E-state index in [1.165, 1.54) is 11.3 Å². The average molecular weight is 374 g/mol. The van der Waals surface area contributed by atoms with Gasteiger partial charge in [0.1, 0.15) is 10.7 Å². The molecule has 0 aliphatic carbocycles. The highest BCUT2D eigenvalue weighted by atomic mass is 32.1. The molecule has 0 radical (unpaired) electrons. The Morgan fingerprint density at radius 2 is 2.23 bits per heavy atom. The zero-order valence-corrected chi connectivity index (χ0v) is 15.7. The van der Waals surface area contributed by atoms with Crippen LogP contribution in [-0.2, 0) is 0 Å². The molecule has 2 aliphatic heterocycles. The third-order valence-electron chi connectivity index (χ3n) is 4.77. The smallest absolute Gasteiger partial charge is 0.320 e. The topological polar surface area (TPSA) is 85.4 Å². The molecule has 138 valence electrons. The molecule has 2 aliphatic rings. The molecule has 1 atom stereocenters. The Morgan fingerprint density at radius 3 is 2.96 bits per heavy atom. The first-order valence-corrected chi connectivity index (χ1v) is 9.70. The summed E-state index contributed by atoms with van der Waals surface area (Å²) in [5.74, 6) is 0.375. The molecular formula is C17H22N6O2S. The fraction of sp³-hybridized carbons (Fsp3) is 0.529. The number of amides is 3. The number of piperazine rings is 1. The Bertz CT molecular complexity index is 802. The number of H-pyrrole nitrogens is 1. The SMILES string of the molecule is CC(C)CN1CC2CN(C(=O)c3csc(-c4cn[nH]c4)n3)CCN2C1=O. The highest BCUT2D eigenvalue weighted by Crippen LogP contribution is 2.25. The maximum Gasteiger partial charge on any atom is 0.320 e. The van der Waals surface area contributed by atoms with Gasteiger partial charge in [-0.3, -0.25) is 9.89 Å². The molecule has 2 fully saturated rings. The molecule has 0 spiro atoms. The first-order valence-electron chi connectivity index (χ1n) is 8.82. The number of carbonyl (C=O) groups is 2. The Kier molecular flexibility index (Phi) is 4.39. The van der Waals surface area contributed by atoms with E-state index < -0.39 is 0 Å². The molecule has 9 heteroatoms. The summed E-state index contributed by atoms with van der Waals surface area (Å²) in [5, 5.41) is 9.24. The normalized spacial score (nSPS) is 20.2. The van der Waals surface area contributed by atoms with E-state index in [0.717, 1.165) is 17.1 Å². The molecule has 4 heterocycles. The lowest BCUT2D eigenvalue weighted by molar-refractivity contribution is 0.0612. The van der Waals surface area contributed by atoms with E-state index in [4.69, 9.17) is 0 Å². The Balaban J connectivity index is 1.44. The van der Waals surface area contributed by atoms with Crippen molar-refractivity contribution in [3.63, 3.8) is 0 Å². The molecule has 0 aromatic carbocycles. The quantitative estimate of drug-likeness (QED) is 0.883. The number of urea groups is 1. The van der Waals surface area contributed by atoms with Crippen molar-refractivity contribution >= 4 is 23.3 Å². The van der Waals surface area contributed by atoms with Gasteiger partial charge in [-0.1, -0.05) is 13.8 Å². The van der Waals surface area contributed by atoms with Crippen molar-refractivity contribution in [2.24, 2.45) is 5.92 Å². The van der Waals surface area contributed by atoms with Gasteiger partial charge in [0, 0.05) is 49.9 Å². The third-order valence-corrected chi connectivity index (χ3v) is 5.66. The van der Waals surface area contributed by atoms with Crippen LogP contribution in [0, 0.1) is 5.92 Å².